The number of hydrogen-bond acceptors (Lipinski definition) is 4. The fourth-order valence-corrected chi connectivity index (χ4v) is 3.57. The molecule has 5 heteroatoms. The van der Waals surface area contributed by atoms with Crippen LogP contribution in [0.25, 0.3) is 0 Å². The normalized spacial score (nSPS) is 20.5. The molecule has 1 unspecified atom stereocenters. The molecule has 1 N–H and O–H groups in total. The third kappa shape index (κ3) is 3.59. The third-order valence-corrected chi connectivity index (χ3v) is 5.11. The van der Waals surface area contributed by atoms with Crippen molar-refractivity contribution in [1.82, 2.24) is 0 Å². The maximum Gasteiger partial charge on any atom is 0.147 e. The van der Waals surface area contributed by atoms with Gasteiger partial charge in [-0.2, -0.15) is 0 Å². The molecule has 1 aliphatic heterocycles. The summed E-state index contributed by atoms with van der Waals surface area (Å²) in [6.07, 6.45) is 2.26. The lowest BCUT2D eigenvalue weighted by Crippen LogP contribution is -2.45. The summed E-state index contributed by atoms with van der Waals surface area (Å²) in [5, 5.41) is 10.6. The zero-order valence-corrected chi connectivity index (χ0v) is 12.6. The Labute approximate surface area is 120 Å². The van der Waals surface area contributed by atoms with Gasteiger partial charge >= 0.3 is 0 Å². The monoisotopic (exact) mass is 298 g/mol. The minimum atomic E-state index is -3.06. The highest BCUT2D eigenvalue weighted by molar-refractivity contribution is 7.90. The van der Waals surface area contributed by atoms with Crippen molar-refractivity contribution < 1.29 is 18.3 Å². The van der Waals surface area contributed by atoms with Gasteiger partial charge in [-0.1, -0.05) is 30.3 Å². The predicted octanol–water partition coefficient (Wildman–Crippen LogP) is 1.53. The summed E-state index contributed by atoms with van der Waals surface area (Å²) in [5.74, 6) is 0.0175. The van der Waals surface area contributed by atoms with Crippen molar-refractivity contribution in [3.05, 3.63) is 35.9 Å². The number of benzene rings is 1. The van der Waals surface area contributed by atoms with Gasteiger partial charge in [-0.25, -0.2) is 8.42 Å². The van der Waals surface area contributed by atoms with Crippen LogP contribution in [0.5, 0.6) is 0 Å². The molecule has 4 nitrogen and oxygen atoms in total. The second-order valence-corrected chi connectivity index (χ2v) is 7.83. The van der Waals surface area contributed by atoms with Gasteiger partial charge in [0.1, 0.15) is 9.84 Å². The van der Waals surface area contributed by atoms with Crippen molar-refractivity contribution >= 4 is 9.84 Å². The Balaban J connectivity index is 2.23. The van der Waals surface area contributed by atoms with Crippen LogP contribution in [0.3, 0.4) is 0 Å². The maximum absolute atomic E-state index is 11.3. The Bertz CT molecular complexity index is 518. The molecule has 0 bridgehead atoms. The van der Waals surface area contributed by atoms with Crippen LogP contribution in [0.1, 0.15) is 24.8 Å². The van der Waals surface area contributed by atoms with Crippen molar-refractivity contribution in [2.75, 3.05) is 25.2 Å². The number of sulfone groups is 1. The number of aliphatic hydroxyl groups excluding tert-OH is 1. The van der Waals surface area contributed by atoms with Crippen LogP contribution >= 0.6 is 0 Å². The van der Waals surface area contributed by atoms with E-state index in [2.05, 4.69) is 0 Å². The zero-order valence-electron chi connectivity index (χ0n) is 11.8. The van der Waals surface area contributed by atoms with Crippen LogP contribution in [0.15, 0.2) is 30.3 Å². The van der Waals surface area contributed by atoms with Gasteiger partial charge in [0.25, 0.3) is 0 Å². The molecular weight excluding hydrogens is 276 g/mol. The maximum atomic E-state index is 11.3. The van der Waals surface area contributed by atoms with E-state index in [1.165, 1.54) is 6.26 Å². The van der Waals surface area contributed by atoms with Gasteiger partial charge in [0.2, 0.25) is 0 Å². The van der Waals surface area contributed by atoms with Crippen LogP contribution in [-0.2, 0) is 20.0 Å². The van der Waals surface area contributed by atoms with E-state index in [1.54, 1.807) is 0 Å². The lowest BCUT2D eigenvalue weighted by Gasteiger charge is -2.41. The molecule has 20 heavy (non-hydrogen) atoms. The van der Waals surface area contributed by atoms with Crippen molar-refractivity contribution in [1.29, 1.82) is 0 Å². The summed E-state index contributed by atoms with van der Waals surface area (Å²) in [6, 6.07) is 9.87. The quantitative estimate of drug-likeness (QED) is 0.895. The minimum Gasteiger partial charge on any atom is -0.392 e. The number of aliphatic hydroxyl groups is 1. The molecule has 1 fully saturated rings. The van der Waals surface area contributed by atoms with Gasteiger partial charge in [0.15, 0.2) is 0 Å². The molecule has 1 aromatic carbocycles. The molecule has 0 saturated carbocycles. The molecule has 1 atom stereocenters. The summed E-state index contributed by atoms with van der Waals surface area (Å²) >= 11 is 0. The van der Waals surface area contributed by atoms with E-state index in [-0.39, 0.29) is 17.6 Å². The summed E-state index contributed by atoms with van der Waals surface area (Å²) in [4.78, 5) is 0. The van der Waals surface area contributed by atoms with Crippen molar-refractivity contribution in [2.24, 2.45) is 0 Å². The Hall–Kier alpha value is -0.910. The van der Waals surface area contributed by atoms with Gasteiger partial charge < -0.3 is 9.84 Å². The van der Waals surface area contributed by atoms with Crippen LogP contribution in [0.4, 0.5) is 0 Å². The smallest absolute Gasteiger partial charge is 0.147 e. The second-order valence-electron chi connectivity index (χ2n) is 5.57. The Morgan fingerprint density at radius 3 is 2.40 bits per heavy atom. The highest BCUT2D eigenvalue weighted by Gasteiger charge is 2.41. The van der Waals surface area contributed by atoms with Gasteiger partial charge in [0.05, 0.1) is 11.9 Å². The number of rotatable bonds is 5. The molecule has 0 spiro atoms. The largest absolute Gasteiger partial charge is 0.392 e. The lowest BCUT2D eigenvalue weighted by atomic mass is 9.69. The van der Waals surface area contributed by atoms with E-state index in [0.29, 0.717) is 13.2 Å². The Morgan fingerprint density at radius 2 is 1.85 bits per heavy atom. The van der Waals surface area contributed by atoms with E-state index in [1.807, 2.05) is 30.3 Å². The number of ether oxygens (including phenoxy) is 1. The highest BCUT2D eigenvalue weighted by atomic mass is 32.2. The Morgan fingerprint density at radius 1 is 1.25 bits per heavy atom. The van der Waals surface area contributed by atoms with Gasteiger partial charge in [0, 0.05) is 24.9 Å². The molecule has 0 aliphatic carbocycles. The van der Waals surface area contributed by atoms with Gasteiger partial charge in [-0.15, -0.1) is 0 Å². The first-order chi connectivity index (χ1) is 9.44. The van der Waals surface area contributed by atoms with E-state index in [9.17, 15) is 13.5 Å². The van der Waals surface area contributed by atoms with Gasteiger partial charge in [-0.05, 0) is 24.8 Å². The van der Waals surface area contributed by atoms with E-state index < -0.39 is 15.9 Å². The first-order valence-electron chi connectivity index (χ1n) is 6.93. The molecular formula is C15H22O4S. The molecule has 112 valence electrons. The fraction of sp³-hybridized carbons (Fsp3) is 0.600. The molecule has 2 rings (SSSR count). The third-order valence-electron chi connectivity index (χ3n) is 4.13. The summed E-state index contributed by atoms with van der Waals surface area (Å²) in [5.41, 5.74) is 0.689. The SMILES string of the molecule is CS(=O)(=O)CCC(O)C1(c2ccccc2)CCOCC1. The highest BCUT2D eigenvalue weighted by Crippen LogP contribution is 2.39. The molecule has 1 saturated heterocycles. The topological polar surface area (TPSA) is 63.6 Å². The van der Waals surface area contributed by atoms with E-state index >= 15 is 0 Å². The van der Waals surface area contributed by atoms with Crippen LogP contribution < -0.4 is 0 Å². The summed E-state index contributed by atoms with van der Waals surface area (Å²) < 4.78 is 28.1. The minimum absolute atomic E-state index is 0.0175. The van der Waals surface area contributed by atoms with Crippen molar-refractivity contribution in [2.45, 2.75) is 30.8 Å². The molecule has 0 amide bonds. The van der Waals surface area contributed by atoms with E-state index in [4.69, 9.17) is 4.74 Å². The van der Waals surface area contributed by atoms with E-state index in [0.717, 1.165) is 18.4 Å². The van der Waals surface area contributed by atoms with Crippen LogP contribution in [-0.4, -0.2) is 44.9 Å². The standard InChI is InChI=1S/C15H22O4S/c1-20(17,18)12-7-14(16)15(8-10-19-11-9-15)13-5-3-2-4-6-13/h2-6,14,16H,7-12H2,1H3. The molecule has 1 aromatic rings. The predicted molar refractivity (Wildman–Crippen MR) is 78.5 cm³/mol. The summed E-state index contributed by atoms with van der Waals surface area (Å²) in [6.45, 7) is 1.20. The molecule has 1 aliphatic rings. The van der Waals surface area contributed by atoms with Crippen molar-refractivity contribution in [3.63, 3.8) is 0 Å². The first kappa shape index (κ1) is 15.5. The van der Waals surface area contributed by atoms with Crippen LogP contribution in [0.2, 0.25) is 0 Å². The Kier molecular flexibility index (Phi) is 4.83. The average Bonchev–Trinajstić information content (AvgIpc) is 2.45. The zero-order chi connectivity index (χ0) is 14.6. The summed E-state index contributed by atoms with van der Waals surface area (Å²) in [7, 11) is -3.06. The van der Waals surface area contributed by atoms with Gasteiger partial charge in [-0.3, -0.25) is 0 Å². The van der Waals surface area contributed by atoms with Crippen molar-refractivity contribution in [3.8, 4) is 0 Å². The fourth-order valence-electron chi connectivity index (χ4n) is 2.92. The molecule has 0 aromatic heterocycles. The number of hydrogen-bond donors (Lipinski definition) is 1. The first-order valence-corrected chi connectivity index (χ1v) is 8.99. The second kappa shape index (κ2) is 6.24. The van der Waals surface area contributed by atoms with Crippen LogP contribution in [0, 0.1) is 0 Å². The lowest BCUT2D eigenvalue weighted by molar-refractivity contribution is -0.0166. The molecule has 0 radical (unpaired) electrons. The molecule has 1 heterocycles. The average molecular weight is 298 g/mol.